The zero-order valence-corrected chi connectivity index (χ0v) is 9.16. The number of anilines is 1. The Hall–Kier alpha value is -1.42. The molecule has 2 N–H and O–H groups in total. The van der Waals surface area contributed by atoms with Crippen LogP contribution in [0.2, 0.25) is 0 Å². The van der Waals surface area contributed by atoms with Gasteiger partial charge in [-0.2, -0.15) is 0 Å². The summed E-state index contributed by atoms with van der Waals surface area (Å²) in [7, 11) is 1.85. The van der Waals surface area contributed by atoms with E-state index in [1.54, 1.807) is 18.5 Å². The molecule has 0 aliphatic heterocycles. The molecule has 0 spiro atoms. The van der Waals surface area contributed by atoms with Gasteiger partial charge in [0.25, 0.3) is 0 Å². The summed E-state index contributed by atoms with van der Waals surface area (Å²) in [4.78, 5) is 15.7. The van der Waals surface area contributed by atoms with Gasteiger partial charge < -0.3 is 10.6 Å². The second-order valence-corrected chi connectivity index (χ2v) is 3.39. The Morgan fingerprint density at radius 1 is 1.60 bits per heavy atom. The highest BCUT2D eigenvalue weighted by Gasteiger charge is 2.15. The molecule has 1 rings (SSSR count). The third-order valence-electron chi connectivity index (χ3n) is 2.24. The zero-order chi connectivity index (χ0) is 11.1. The van der Waals surface area contributed by atoms with Crippen LogP contribution in [0.4, 0.5) is 5.69 Å². The molecule has 0 saturated carbocycles. The van der Waals surface area contributed by atoms with E-state index in [-0.39, 0.29) is 11.8 Å². The zero-order valence-electron chi connectivity index (χ0n) is 9.16. The topological polar surface area (TPSA) is 54.0 Å². The van der Waals surface area contributed by atoms with Crippen LogP contribution in [-0.4, -0.2) is 24.5 Å². The van der Waals surface area contributed by atoms with Crippen LogP contribution in [0.3, 0.4) is 0 Å². The van der Waals surface area contributed by atoms with Crippen LogP contribution in [-0.2, 0) is 4.79 Å². The van der Waals surface area contributed by atoms with Crippen molar-refractivity contribution in [3.63, 3.8) is 0 Å². The lowest BCUT2D eigenvalue weighted by atomic mass is 10.1. The molecule has 0 radical (unpaired) electrons. The molecule has 1 aromatic heterocycles. The van der Waals surface area contributed by atoms with Crippen LogP contribution in [0.1, 0.15) is 13.3 Å². The number of pyridine rings is 1. The maximum atomic E-state index is 11.8. The number of hydrogen-bond donors (Lipinski definition) is 2. The normalized spacial score (nSPS) is 12.1. The smallest absolute Gasteiger partial charge is 0.228 e. The summed E-state index contributed by atoms with van der Waals surface area (Å²) in [6.45, 7) is 2.70. The predicted molar refractivity (Wildman–Crippen MR) is 60.6 cm³/mol. The predicted octanol–water partition coefficient (Wildman–Crippen LogP) is 1.27. The van der Waals surface area contributed by atoms with Crippen molar-refractivity contribution in [2.75, 3.05) is 18.9 Å². The molecule has 0 aliphatic carbocycles. The van der Waals surface area contributed by atoms with Crippen molar-refractivity contribution in [2.24, 2.45) is 5.92 Å². The summed E-state index contributed by atoms with van der Waals surface area (Å²) in [5.41, 5.74) is 0.747. The second-order valence-electron chi connectivity index (χ2n) is 3.39. The Morgan fingerprint density at radius 3 is 2.93 bits per heavy atom. The lowest BCUT2D eigenvalue weighted by molar-refractivity contribution is -0.119. The van der Waals surface area contributed by atoms with Gasteiger partial charge in [-0.15, -0.1) is 0 Å². The monoisotopic (exact) mass is 207 g/mol. The molecular weight excluding hydrogens is 190 g/mol. The lowest BCUT2D eigenvalue weighted by Crippen LogP contribution is -2.30. The minimum absolute atomic E-state index is 0.00945. The van der Waals surface area contributed by atoms with Gasteiger partial charge >= 0.3 is 0 Å². The van der Waals surface area contributed by atoms with Gasteiger partial charge in [-0.05, 0) is 25.6 Å². The van der Waals surface area contributed by atoms with Crippen molar-refractivity contribution in [3.8, 4) is 0 Å². The molecule has 1 unspecified atom stereocenters. The first-order valence-corrected chi connectivity index (χ1v) is 5.13. The van der Waals surface area contributed by atoms with E-state index in [4.69, 9.17) is 0 Å². The molecule has 1 aromatic rings. The number of aromatic nitrogens is 1. The molecule has 1 atom stereocenters. The average Bonchev–Trinajstić information content (AvgIpc) is 2.27. The standard InChI is InChI=1S/C11H17N3O/c1-3-9(7-12-2)11(15)14-10-5-4-6-13-8-10/h4-6,8-9,12H,3,7H2,1-2H3,(H,14,15). The van der Waals surface area contributed by atoms with Crippen molar-refractivity contribution in [2.45, 2.75) is 13.3 Å². The average molecular weight is 207 g/mol. The van der Waals surface area contributed by atoms with Crippen LogP contribution in [0.25, 0.3) is 0 Å². The van der Waals surface area contributed by atoms with E-state index >= 15 is 0 Å². The third-order valence-corrected chi connectivity index (χ3v) is 2.24. The lowest BCUT2D eigenvalue weighted by Gasteiger charge is -2.13. The van der Waals surface area contributed by atoms with Gasteiger partial charge in [0.15, 0.2) is 0 Å². The first-order valence-electron chi connectivity index (χ1n) is 5.13. The Kier molecular flexibility index (Phi) is 4.77. The molecule has 0 aromatic carbocycles. The van der Waals surface area contributed by atoms with Gasteiger partial charge in [0.2, 0.25) is 5.91 Å². The summed E-state index contributed by atoms with van der Waals surface area (Å²) >= 11 is 0. The molecule has 0 bridgehead atoms. The Balaban J connectivity index is 2.54. The van der Waals surface area contributed by atoms with Crippen LogP contribution >= 0.6 is 0 Å². The van der Waals surface area contributed by atoms with Crippen LogP contribution < -0.4 is 10.6 Å². The van der Waals surface area contributed by atoms with Gasteiger partial charge in [0, 0.05) is 12.7 Å². The molecule has 0 saturated heterocycles. The molecule has 15 heavy (non-hydrogen) atoms. The van der Waals surface area contributed by atoms with Gasteiger partial charge in [0.05, 0.1) is 17.8 Å². The first-order chi connectivity index (χ1) is 7.27. The Labute approximate surface area is 90.1 Å². The summed E-state index contributed by atoms with van der Waals surface area (Å²) in [6, 6.07) is 3.63. The van der Waals surface area contributed by atoms with Crippen molar-refractivity contribution < 1.29 is 4.79 Å². The molecule has 4 heteroatoms. The molecule has 4 nitrogen and oxygen atoms in total. The van der Waals surface area contributed by atoms with Crippen LogP contribution in [0.5, 0.6) is 0 Å². The number of carbonyl (C=O) groups excluding carboxylic acids is 1. The quantitative estimate of drug-likeness (QED) is 0.764. The fourth-order valence-electron chi connectivity index (χ4n) is 1.35. The van der Waals surface area contributed by atoms with E-state index in [0.717, 1.165) is 12.1 Å². The fourth-order valence-corrected chi connectivity index (χ4v) is 1.35. The molecular formula is C11H17N3O. The highest BCUT2D eigenvalue weighted by Crippen LogP contribution is 2.08. The largest absolute Gasteiger partial charge is 0.324 e. The minimum atomic E-state index is 0.00945. The van der Waals surface area contributed by atoms with Crippen molar-refractivity contribution in [3.05, 3.63) is 24.5 Å². The van der Waals surface area contributed by atoms with E-state index in [9.17, 15) is 4.79 Å². The maximum Gasteiger partial charge on any atom is 0.228 e. The summed E-state index contributed by atoms with van der Waals surface area (Å²) in [5.74, 6) is 0.0510. The SMILES string of the molecule is CCC(CNC)C(=O)Nc1cccnc1. The third kappa shape index (κ3) is 3.67. The van der Waals surface area contributed by atoms with Gasteiger partial charge in [-0.1, -0.05) is 6.92 Å². The number of nitrogens with zero attached hydrogens (tertiary/aromatic N) is 1. The molecule has 0 fully saturated rings. The summed E-state index contributed by atoms with van der Waals surface area (Å²) in [5, 5.41) is 5.85. The first kappa shape index (κ1) is 11.7. The van der Waals surface area contributed by atoms with Crippen molar-refractivity contribution in [1.29, 1.82) is 0 Å². The fraction of sp³-hybridized carbons (Fsp3) is 0.455. The van der Waals surface area contributed by atoms with Crippen LogP contribution in [0, 0.1) is 5.92 Å². The molecule has 1 amide bonds. The number of hydrogen-bond acceptors (Lipinski definition) is 3. The van der Waals surface area contributed by atoms with Gasteiger partial charge in [0.1, 0.15) is 0 Å². The Bertz CT molecular complexity index is 300. The maximum absolute atomic E-state index is 11.8. The van der Waals surface area contributed by atoms with Crippen molar-refractivity contribution >= 4 is 11.6 Å². The number of nitrogens with one attached hydrogen (secondary N) is 2. The Morgan fingerprint density at radius 2 is 2.40 bits per heavy atom. The second kappa shape index (κ2) is 6.14. The molecule has 82 valence electrons. The van der Waals surface area contributed by atoms with E-state index < -0.39 is 0 Å². The van der Waals surface area contributed by atoms with Gasteiger partial charge in [-0.25, -0.2) is 0 Å². The highest BCUT2D eigenvalue weighted by atomic mass is 16.1. The van der Waals surface area contributed by atoms with Crippen LogP contribution in [0.15, 0.2) is 24.5 Å². The van der Waals surface area contributed by atoms with E-state index in [1.165, 1.54) is 0 Å². The van der Waals surface area contributed by atoms with Gasteiger partial charge in [-0.3, -0.25) is 9.78 Å². The van der Waals surface area contributed by atoms with E-state index in [1.807, 2.05) is 20.0 Å². The summed E-state index contributed by atoms with van der Waals surface area (Å²) in [6.07, 6.45) is 4.15. The van der Waals surface area contributed by atoms with E-state index in [0.29, 0.717) is 6.54 Å². The highest BCUT2D eigenvalue weighted by molar-refractivity contribution is 5.92. The number of carbonyl (C=O) groups is 1. The number of amides is 1. The van der Waals surface area contributed by atoms with E-state index in [2.05, 4.69) is 15.6 Å². The van der Waals surface area contributed by atoms with Crippen molar-refractivity contribution in [1.82, 2.24) is 10.3 Å². The minimum Gasteiger partial charge on any atom is -0.324 e. The molecule has 1 heterocycles. The summed E-state index contributed by atoms with van der Waals surface area (Å²) < 4.78 is 0. The molecule has 0 aliphatic rings. The number of rotatable bonds is 5.